The van der Waals surface area contributed by atoms with Crippen molar-refractivity contribution in [1.29, 1.82) is 0 Å². The lowest BCUT2D eigenvalue weighted by Crippen LogP contribution is -2.35. The van der Waals surface area contributed by atoms with E-state index in [-0.39, 0.29) is 0 Å². The maximum atomic E-state index is 4.54. The van der Waals surface area contributed by atoms with Crippen LogP contribution in [0.3, 0.4) is 0 Å². The highest BCUT2D eigenvalue weighted by molar-refractivity contribution is 9.10. The quantitative estimate of drug-likeness (QED) is 0.905. The Labute approximate surface area is 105 Å². The van der Waals surface area contributed by atoms with Crippen molar-refractivity contribution in [3.05, 3.63) is 34.3 Å². The fourth-order valence-corrected chi connectivity index (χ4v) is 2.44. The number of amidine groups is 1. The van der Waals surface area contributed by atoms with Gasteiger partial charge in [0, 0.05) is 23.5 Å². The standard InChI is InChI=1S/C13H17BrN2/c1-10(13-15-6-3-7-16-13)8-11-4-2-5-12(14)9-11/h2,4-5,9-10H,3,6-8H2,1H3,(H,15,16)/t10-/m0/s1. The molecule has 0 aliphatic carbocycles. The number of rotatable bonds is 3. The number of benzene rings is 1. The van der Waals surface area contributed by atoms with Gasteiger partial charge in [0.05, 0.1) is 5.84 Å². The average Bonchev–Trinajstić information content (AvgIpc) is 2.30. The van der Waals surface area contributed by atoms with Gasteiger partial charge in [-0.05, 0) is 30.5 Å². The molecule has 1 aliphatic rings. The Balaban J connectivity index is 2.01. The molecule has 1 N–H and O–H groups in total. The van der Waals surface area contributed by atoms with Crippen molar-refractivity contribution >= 4 is 21.8 Å². The zero-order valence-corrected chi connectivity index (χ0v) is 11.1. The third kappa shape index (κ3) is 3.08. The first-order valence-corrected chi connectivity index (χ1v) is 6.57. The first-order chi connectivity index (χ1) is 7.75. The van der Waals surface area contributed by atoms with Crippen LogP contribution in [0.25, 0.3) is 0 Å². The minimum Gasteiger partial charge on any atom is -0.374 e. The zero-order chi connectivity index (χ0) is 11.4. The molecule has 0 amide bonds. The van der Waals surface area contributed by atoms with E-state index in [4.69, 9.17) is 0 Å². The third-order valence-corrected chi connectivity index (χ3v) is 3.31. The molecule has 0 fully saturated rings. The Kier molecular flexibility index (Phi) is 3.99. The minimum absolute atomic E-state index is 0.481. The lowest BCUT2D eigenvalue weighted by molar-refractivity contribution is 0.659. The maximum absolute atomic E-state index is 4.54. The smallest absolute Gasteiger partial charge is 0.0994 e. The number of aliphatic imine (C=N–C) groups is 1. The van der Waals surface area contributed by atoms with Gasteiger partial charge >= 0.3 is 0 Å². The molecule has 0 aromatic heterocycles. The normalized spacial score (nSPS) is 17.5. The van der Waals surface area contributed by atoms with Gasteiger partial charge in [-0.2, -0.15) is 0 Å². The number of hydrogen-bond donors (Lipinski definition) is 1. The second-order valence-corrected chi connectivity index (χ2v) is 5.20. The molecular weight excluding hydrogens is 264 g/mol. The molecule has 16 heavy (non-hydrogen) atoms. The third-order valence-electron chi connectivity index (χ3n) is 2.82. The molecule has 1 heterocycles. The Morgan fingerprint density at radius 1 is 1.50 bits per heavy atom. The molecule has 1 aromatic rings. The lowest BCUT2D eigenvalue weighted by atomic mass is 9.99. The second-order valence-electron chi connectivity index (χ2n) is 4.28. The van der Waals surface area contributed by atoms with Crippen molar-refractivity contribution in [2.75, 3.05) is 13.1 Å². The average molecular weight is 281 g/mol. The number of nitrogens with zero attached hydrogens (tertiary/aromatic N) is 1. The number of nitrogens with one attached hydrogen (secondary N) is 1. The Morgan fingerprint density at radius 2 is 2.38 bits per heavy atom. The molecule has 3 heteroatoms. The summed E-state index contributed by atoms with van der Waals surface area (Å²) < 4.78 is 1.15. The topological polar surface area (TPSA) is 24.4 Å². The van der Waals surface area contributed by atoms with Gasteiger partial charge in [-0.3, -0.25) is 4.99 Å². The van der Waals surface area contributed by atoms with E-state index in [1.807, 2.05) is 0 Å². The monoisotopic (exact) mass is 280 g/mol. The fraction of sp³-hybridized carbons (Fsp3) is 0.462. The highest BCUT2D eigenvalue weighted by atomic mass is 79.9. The van der Waals surface area contributed by atoms with Crippen LogP contribution < -0.4 is 5.32 Å². The summed E-state index contributed by atoms with van der Waals surface area (Å²) in [6.07, 6.45) is 2.21. The summed E-state index contributed by atoms with van der Waals surface area (Å²) in [6, 6.07) is 8.50. The SMILES string of the molecule is C[C@@H](Cc1cccc(Br)c1)C1=NCCCN1. The van der Waals surface area contributed by atoms with Gasteiger partial charge in [0.25, 0.3) is 0 Å². The summed E-state index contributed by atoms with van der Waals surface area (Å²) in [5.41, 5.74) is 1.36. The summed E-state index contributed by atoms with van der Waals surface area (Å²) in [5.74, 6) is 1.65. The molecule has 1 aliphatic heterocycles. The molecule has 0 unspecified atom stereocenters. The van der Waals surface area contributed by atoms with Gasteiger partial charge in [0.1, 0.15) is 0 Å². The van der Waals surface area contributed by atoms with Crippen molar-refractivity contribution in [3.8, 4) is 0 Å². The first kappa shape index (κ1) is 11.6. The van der Waals surface area contributed by atoms with Crippen LogP contribution >= 0.6 is 15.9 Å². The van der Waals surface area contributed by atoms with Crippen LogP contribution in [0.2, 0.25) is 0 Å². The number of halogens is 1. The van der Waals surface area contributed by atoms with Gasteiger partial charge in [0.15, 0.2) is 0 Å². The van der Waals surface area contributed by atoms with E-state index in [0.29, 0.717) is 5.92 Å². The van der Waals surface area contributed by atoms with Crippen molar-refractivity contribution in [3.63, 3.8) is 0 Å². The largest absolute Gasteiger partial charge is 0.374 e. The van der Waals surface area contributed by atoms with Crippen LogP contribution in [0.1, 0.15) is 18.9 Å². The lowest BCUT2D eigenvalue weighted by Gasteiger charge is -2.20. The molecular formula is C13H17BrN2. The minimum atomic E-state index is 0.481. The van der Waals surface area contributed by atoms with Crippen LogP contribution in [-0.2, 0) is 6.42 Å². The molecule has 0 saturated carbocycles. The van der Waals surface area contributed by atoms with Crippen molar-refractivity contribution in [2.24, 2.45) is 10.9 Å². The van der Waals surface area contributed by atoms with E-state index in [1.165, 1.54) is 11.4 Å². The van der Waals surface area contributed by atoms with Crippen LogP contribution in [-0.4, -0.2) is 18.9 Å². The Bertz CT molecular complexity index is 387. The predicted molar refractivity (Wildman–Crippen MR) is 71.9 cm³/mol. The Morgan fingerprint density at radius 3 is 3.06 bits per heavy atom. The molecule has 1 atom stereocenters. The van der Waals surface area contributed by atoms with E-state index < -0.39 is 0 Å². The molecule has 2 rings (SSSR count). The van der Waals surface area contributed by atoms with Crippen molar-refractivity contribution in [1.82, 2.24) is 5.32 Å². The summed E-state index contributed by atoms with van der Waals surface area (Å²) in [7, 11) is 0. The summed E-state index contributed by atoms with van der Waals surface area (Å²) in [6.45, 7) is 4.28. The van der Waals surface area contributed by atoms with E-state index in [0.717, 1.165) is 30.4 Å². The zero-order valence-electron chi connectivity index (χ0n) is 9.54. The van der Waals surface area contributed by atoms with Gasteiger partial charge in [-0.25, -0.2) is 0 Å². The Hall–Kier alpha value is -0.830. The second kappa shape index (κ2) is 5.48. The van der Waals surface area contributed by atoms with Crippen LogP contribution in [0.5, 0.6) is 0 Å². The number of hydrogen-bond acceptors (Lipinski definition) is 2. The van der Waals surface area contributed by atoms with Crippen molar-refractivity contribution < 1.29 is 0 Å². The summed E-state index contributed by atoms with van der Waals surface area (Å²) in [4.78, 5) is 4.54. The summed E-state index contributed by atoms with van der Waals surface area (Å²) in [5, 5.41) is 3.39. The van der Waals surface area contributed by atoms with Crippen molar-refractivity contribution in [2.45, 2.75) is 19.8 Å². The molecule has 2 nitrogen and oxygen atoms in total. The van der Waals surface area contributed by atoms with Gasteiger partial charge < -0.3 is 5.32 Å². The van der Waals surface area contributed by atoms with Gasteiger partial charge in [-0.1, -0.05) is 35.0 Å². The van der Waals surface area contributed by atoms with Crippen LogP contribution in [0.15, 0.2) is 33.7 Å². The predicted octanol–water partition coefficient (Wildman–Crippen LogP) is 3.02. The molecule has 0 bridgehead atoms. The van der Waals surface area contributed by atoms with Gasteiger partial charge in [0.2, 0.25) is 0 Å². The van der Waals surface area contributed by atoms with E-state index in [2.05, 4.69) is 57.4 Å². The molecule has 0 saturated heterocycles. The van der Waals surface area contributed by atoms with Crippen LogP contribution in [0.4, 0.5) is 0 Å². The highest BCUT2D eigenvalue weighted by Gasteiger charge is 2.13. The fourth-order valence-electron chi connectivity index (χ4n) is 2.00. The molecule has 0 radical (unpaired) electrons. The van der Waals surface area contributed by atoms with E-state index in [9.17, 15) is 0 Å². The maximum Gasteiger partial charge on any atom is 0.0994 e. The summed E-state index contributed by atoms with van der Waals surface area (Å²) >= 11 is 3.50. The first-order valence-electron chi connectivity index (χ1n) is 5.78. The molecule has 1 aromatic carbocycles. The van der Waals surface area contributed by atoms with E-state index >= 15 is 0 Å². The van der Waals surface area contributed by atoms with Gasteiger partial charge in [-0.15, -0.1) is 0 Å². The molecule has 86 valence electrons. The van der Waals surface area contributed by atoms with E-state index in [1.54, 1.807) is 0 Å². The molecule has 0 spiro atoms. The highest BCUT2D eigenvalue weighted by Crippen LogP contribution is 2.16. The van der Waals surface area contributed by atoms with Crippen LogP contribution in [0, 0.1) is 5.92 Å².